The van der Waals surface area contributed by atoms with Crippen molar-refractivity contribution in [3.63, 3.8) is 0 Å². The summed E-state index contributed by atoms with van der Waals surface area (Å²) < 4.78 is 0. The van der Waals surface area contributed by atoms with Crippen LogP contribution in [0, 0.1) is 0 Å². The van der Waals surface area contributed by atoms with Crippen LogP contribution in [0.5, 0.6) is 0 Å². The molecule has 0 fully saturated rings. The monoisotopic (exact) mass is 307 g/mol. The smallest absolute Gasteiger partial charge is 0.0408 e. The summed E-state index contributed by atoms with van der Waals surface area (Å²) in [6.07, 6.45) is 1.92. The fourth-order valence-electron chi connectivity index (χ4n) is 2.40. The van der Waals surface area contributed by atoms with Gasteiger partial charge in [-0.2, -0.15) is 0 Å². The number of likely N-dealkylation sites (N-methyl/N-ethyl adjacent to an activating group) is 1. The van der Waals surface area contributed by atoms with E-state index in [1.807, 2.05) is 36.4 Å². The van der Waals surface area contributed by atoms with Gasteiger partial charge in [0.15, 0.2) is 0 Å². The molecule has 1 N–H and O–H groups in total. The highest BCUT2D eigenvalue weighted by atomic mass is 35.5. The van der Waals surface area contributed by atoms with Gasteiger partial charge in [-0.25, -0.2) is 0 Å². The summed E-state index contributed by atoms with van der Waals surface area (Å²) in [6, 6.07) is 16.5. The Hall–Kier alpha value is -1.02. The standard InChI is InChI=1S/C17H19Cl2N/c1-2-20-17(11-13-5-3-7-15(18)9-13)12-14-6-4-8-16(19)10-14/h3-10,17,20H,2,11-12H2,1H3. The largest absolute Gasteiger partial charge is 0.314 e. The van der Waals surface area contributed by atoms with Gasteiger partial charge in [-0.3, -0.25) is 0 Å². The van der Waals surface area contributed by atoms with Gasteiger partial charge in [-0.05, 0) is 54.8 Å². The summed E-state index contributed by atoms with van der Waals surface area (Å²) >= 11 is 12.1. The molecular formula is C17H19Cl2N. The van der Waals surface area contributed by atoms with Gasteiger partial charge in [0.25, 0.3) is 0 Å². The van der Waals surface area contributed by atoms with Crippen molar-refractivity contribution in [2.75, 3.05) is 6.54 Å². The zero-order valence-corrected chi connectivity index (χ0v) is 13.1. The van der Waals surface area contributed by atoms with Gasteiger partial charge in [0.2, 0.25) is 0 Å². The molecule has 3 heteroatoms. The molecule has 0 aliphatic rings. The lowest BCUT2D eigenvalue weighted by Gasteiger charge is -2.18. The molecule has 0 aliphatic heterocycles. The fourth-order valence-corrected chi connectivity index (χ4v) is 2.83. The molecule has 0 saturated carbocycles. The minimum absolute atomic E-state index is 0.386. The lowest BCUT2D eigenvalue weighted by molar-refractivity contribution is 0.521. The predicted molar refractivity (Wildman–Crippen MR) is 87.8 cm³/mol. The first-order chi connectivity index (χ1) is 9.67. The molecule has 0 aromatic heterocycles. The molecule has 2 aromatic carbocycles. The summed E-state index contributed by atoms with van der Waals surface area (Å²) in [7, 11) is 0. The second-order valence-corrected chi connectivity index (χ2v) is 5.80. The predicted octanol–water partition coefficient (Wildman–Crippen LogP) is 4.76. The van der Waals surface area contributed by atoms with Crippen LogP contribution in [0.3, 0.4) is 0 Å². The second-order valence-electron chi connectivity index (χ2n) is 4.92. The molecule has 0 atom stereocenters. The van der Waals surface area contributed by atoms with E-state index in [0.717, 1.165) is 29.4 Å². The lowest BCUT2D eigenvalue weighted by atomic mass is 9.99. The van der Waals surface area contributed by atoms with E-state index in [2.05, 4.69) is 24.4 Å². The number of benzene rings is 2. The molecule has 0 amide bonds. The van der Waals surface area contributed by atoms with Gasteiger partial charge in [0.05, 0.1) is 0 Å². The van der Waals surface area contributed by atoms with Crippen molar-refractivity contribution < 1.29 is 0 Å². The van der Waals surface area contributed by atoms with Gasteiger partial charge < -0.3 is 5.32 Å². The van der Waals surface area contributed by atoms with E-state index in [0.29, 0.717) is 6.04 Å². The summed E-state index contributed by atoms with van der Waals surface area (Å²) in [5.41, 5.74) is 2.51. The molecule has 0 radical (unpaired) electrons. The third-order valence-electron chi connectivity index (χ3n) is 3.24. The van der Waals surface area contributed by atoms with Crippen molar-refractivity contribution >= 4 is 23.2 Å². The van der Waals surface area contributed by atoms with Crippen LogP contribution in [-0.2, 0) is 12.8 Å². The minimum Gasteiger partial charge on any atom is -0.314 e. The topological polar surface area (TPSA) is 12.0 Å². The molecule has 0 bridgehead atoms. The average molecular weight is 308 g/mol. The van der Waals surface area contributed by atoms with Gasteiger partial charge >= 0.3 is 0 Å². The summed E-state index contributed by atoms with van der Waals surface area (Å²) in [6.45, 7) is 3.08. The third-order valence-corrected chi connectivity index (χ3v) is 3.71. The Bertz CT molecular complexity index is 507. The van der Waals surface area contributed by atoms with Crippen LogP contribution in [0.15, 0.2) is 48.5 Å². The molecule has 0 unspecified atom stereocenters. The van der Waals surface area contributed by atoms with Crippen molar-refractivity contribution in [1.82, 2.24) is 5.32 Å². The van der Waals surface area contributed by atoms with Crippen LogP contribution in [0.4, 0.5) is 0 Å². The zero-order valence-electron chi connectivity index (χ0n) is 11.6. The zero-order chi connectivity index (χ0) is 14.4. The molecule has 1 nitrogen and oxygen atoms in total. The lowest BCUT2D eigenvalue weighted by Crippen LogP contribution is -2.33. The number of hydrogen-bond donors (Lipinski definition) is 1. The summed E-state index contributed by atoms with van der Waals surface area (Å²) in [5, 5.41) is 5.12. The van der Waals surface area contributed by atoms with E-state index < -0.39 is 0 Å². The van der Waals surface area contributed by atoms with Gasteiger partial charge in [0.1, 0.15) is 0 Å². The number of halogens is 2. The molecule has 0 aliphatic carbocycles. The normalized spacial score (nSPS) is 11.0. The van der Waals surface area contributed by atoms with Crippen LogP contribution in [0.2, 0.25) is 10.0 Å². The third kappa shape index (κ3) is 4.82. The Morgan fingerprint density at radius 1 is 0.900 bits per heavy atom. The number of hydrogen-bond acceptors (Lipinski definition) is 1. The van der Waals surface area contributed by atoms with Crippen LogP contribution in [0.1, 0.15) is 18.1 Å². The van der Waals surface area contributed by atoms with E-state index in [9.17, 15) is 0 Å². The highest BCUT2D eigenvalue weighted by Gasteiger charge is 2.10. The van der Waals surface area contributed by atoms with E-state index in [1.165, 1.54) is 11.1 Å². The molecule has 20 heavy (non-hydrogen) atoms. The van der Waals surface area contributed by atoms with Crippen molar-refractivity contribution in [2.24, 2.45) is 0 Å². The van der Waals surface area contributed by atoms with E-state index in [-0.39, 0.29) is 0 Å². The van der Waals surface area contributed by atoms with E-state index in [1.54, 1.807) is 0 Å². The molecule has 0 saturated heterocycles. The molecule has 0 heterocycles. The van der Waals surface area contributed by atoms with E-state index in [4.69, 9.17) is 23.2 Å². The van der Waals surface area contributed by atoms with Crippen LogP contribution in [0.25, 0.3) is 0 Å². The van der Waals surface area contributed by atoms with Crippen LogP contribution >= 0.6 is 23.2 Å². The first-order valence-corrected chi connectivity index (χ1v) is 7.65. The Morgan fingerprint density at radius 3 is 1.80 bits per heavy atom. The summed E-state index contributed by atoms with van der Waals surface area (Å²) in [4.78, 5) is 0. The second kappa shape index (κ2) is 7.68. The van der Waals surface area contributed by atoms with Crippen molar-refractivity contribution in [1.29, 1.82) is 0 Å². The van der Waals surface area contributed by atoms with Crippen molar-refractivity contribution in [2.45, 2.75) is 25.8 Å². The Kier molecular flexibility index (Phi) is 5.90. The summed E-state index contributed by atoms with van der Waals surface area (Å²) in [5.74, 6) is 0. The van der Waals surface area contributed by atoms with E-state index >= 15 is 0 Å². The SMILES string of the molecule is CCNC(Cc1cccc(Cl)c1)Cc1cccc(Cl)c1. The molecule has 0 spiro atoms. The molecule has 2 aromatic rings. The van der Waals surface area contributed by atoms with Gasteiger partial charge in [0, 0.05) is 16.1 Å². The highest BCUT2D eigenvalue weighted by molar-refractivity contribution is 6.30. The van der Waals surface area contributed by atoms with Gasteiger partial charge in [-0.1, -0.05) is 54.4 Å². The average Bonchev–Trinajstić information content (AvgIpc) is 2.39. The number of rotatable bonds is 6. The Morgan fingerprint density at radius 2 is 1.40 bits per heavy atom. The van der Waals surface area contributed by atoms with Crippen molar-refractivity contribution in [3.8, 4) is 0 Å². The minimum atomic E-state index is 0.386. The van der Waals surface area contributed by atoms with Crippen LogP contribution < -0.4 is 5.32 Å². The van der Waals surface area contributed by atoms with Gasteiger partial charge in [-0.15, -0.1) is 0 Å². The maximum absolute atomic E-state index is 6.05. The van der Waals surface area contributed by atoms with Crippen LogP contribution in [-0.4, -0.2) is 12.6 Å². The first-order valence-electron chi connectivity index (χ1n) is 6.89. The fraction of sp³-hybridized carbons (Fsp3) is 0.294. The molecule has 106 valence electrons. The Labute approximate surface area is 130 Å². The maximum Gasteiger partial charge on any atom is 0.0408 e. The highest BCUT2D eigenvalue weighted by Crippen LogP contribution is 2.16. The molecule has 2 rings (SSSR count). The maximum atomic E-state index is 6.05. The van der Waals surface area contributed by atoms with Crippen molar-refractivity contribution in [3.05, 3.63) is 69.7 Å². The molecular weight excluding hydrogens is 289 g/mol. The quantitative estimate of drug-likeness (QED) is 0.811. The number of nitrogens with one attached hydrogen (secondary N) is 1. The Balaban J connectivity index is 2.07. The first kappa shape index (κ1) is 15.4.